The lowest BCUT2D eigenvalue weighted by Crippen LogP contribution is -2.15. The summed E-state index contributed by atoms with van der Waals surface area (Å²) in [7, 11) is 0. The molecule has 1 rings (SSSR count). The molecule has 3 heteroatoms. The van der Waals surface area contributed by atoms with Gasteiger partial charge in [0, 0.05) is 0 Å². The average molecular weight is 264 g/mol. The van der Waals surface area contributed by atoms with Crippen molar-refractivity contribution in [1.82, 2.24) is 0 Å². The summed E-state index contributed by atoms with van der Waals surface area (Å²) in [6.07, 6.45) is 1.91. The van der Waals surface area contributed by atoms with E-state index in [1.807, 2.05) is 19.1 Å². The SMILES string of the molecule is CCCCOC(=O)COc1cc(C)cc(C(C)C)c1. The zero-order chi connectivity index (χ0) is 14.3. The van der Waals surface area contributed by atoms with Crippen LogP contribution in [0.2, 0.25) is 0 Å². The summed E-state index contributed by atoms with van der Waals surface area (Å²) in [5.74, 6) is 0.871. The molecule has 0 bridgehead atoms. The van der Waals surface area contributed by atoms with Crippen LogP contribution in [-0.4, -0.2) is 19.2 Å². The number of rotatable bonds is 7. The highest BCUT2D eigenvalue weighted by molar-refractivity contribution is 5.71. The predicted molar refractivity (Wildman–Crippen MR) is 76.6 cm³/mol. The Hall–Kier alpha value is -1.51. The van der Waals surface area contributed by atoms with E-state index < -0.39 is 0 Å². The Labute approximate surface area is 115 Å². The molecule has 1 aromatic rings. The van der Waals surface area contributed by atoms with Crippen LogP contribution in [0.1, 0.15) is 50.7 Å². The molecule has 106 valence electrons. The number of aryl methyl sites for hydroxylation is 1. The maximum absolute atomic E-state index is 11.4. The average Bonchev–Trinajstić information content (AvgIpc) is 2.36. The third kappa shape index (κ3) is 5.77. The van der Waals surface area contributed by atoms with Gasteiger partial charge in [0.25, 0.3) is 0 Å². The molecule has 0 fully saturated rings. The molecule has 0 aliphatic rings. The van der Waals surface area contributed by atoms with Crippen molar-refractivity contribution in [1.29, 1.82) is 0 Å². The van der Waals surface area contributed by atoms with Crippen molar-refractivity contribution in [2.24, 2.45) is 0 Å². The molecule has 0 saturated carbocycles. The number of ether oxygens (including phenoxy) is 2. The highest BCUT2D eigenvalue weighted by atomic mass is 16.6. The molecule has 1 aromatic carbocycles. The van der Waals surface area contributed by atoms with Gasteiger partial charge in [-0.3, -0.25) is 0 Å². The summed E-state index contributed by atoms with van der Waals surface area (Å²) in [5.41, 5.74) is 2.36. The Balaban J connectivity index is 2.50. The van der Waals surface area contributed by atoms with Crippen molar-refractivity contribution in [3.8, 4) is 5.75 Å². The summed E-state index contributed by atoms with van der Waals surface area (Å²) < 4.78 is 10.5. The minimum Gasteiger partial charge on any atom is -0.482 e. The molecule has 0 aliphatic heterocycles. The number of carbonyl (C=O) groups excluding carboxylic acids is 1. The quantitative estimate of drug-likeness (QED) is 0.554. The van der Waals surface area contributed by atoms with E-state index >= 15 is 0 Å². The van der Waals surface area contributed by atoms with E-state index in [0.29, 0.717) is 12.5 Å². The second-order valence-corrected chi connectivity index (χ2v) is 5.10. The molecular formula is C16H24O3. The van der Waals surface area contributed by atoms with E-state index in [2.05, 4.69) is 26.8 Å². The molecule has 3 nitrogen and oxygen atoms in total. The molecule has 0 N–H and O–H groups in total. The van der Waals surface area contributed by atoms with Gasteiger partial charge in [0.2, 0.25) is 0 Å². The van der Waals surface area contributed by atoms with Crippen LogP contribution in [0.15, 0.2) is 18.2 Å². The minimum atomic E-state index is -0.305. The molecule has 0 saturated heterocycles. The summed E-state index contributed by atoms with van der Waals surface area (Å²) >= 11 is 0. The van der Waals surface area contributed by atoms with Crippen LogP contribution >= 0.6 is 0 Å². The molecule has 19 heavy (non-hydrogen) atoms. The number of hydrogen-bond acceptors (Lipinski definition) is 3. The monoisotopic (exact) mass is 264 g/mol. The fourth-order valence-corrected chi connectivity index (χ4v) is 1.71. The number of esters is 1. The third-order valence-electron chi connectivity index (χ3n) is 2.86. The number of hydrogen-bond donors (Lipinski definition) is 0. The topological polar surface area (TPSA) is 35.5 Å². The highest BCUT2D eigenvalue weighted by Gasteiger charge is 2.07. The van der Waals surface area contributed by atoms with E-state index in [1.165, 1.54) is 5.56 Å². The fourth-order valence-electron chi connectivity index (χ4n) is 1.71. The molecule has 0 atom stereocenters. The van der Waals surface area contributed by atoms with Crippen molar-refractivity contribution in [3.05, 3.63) is 29.3 Å². The van der Waals surface area contributed by atoms with E-state index in [9.17, 15) is 4.79 Å². The van der Waals surface area contributed by atoms with E-state index in [4.69, 9.17) is 9.47 Å². The van der Waals surface area contributed by atoms with Crippen molar-refractivity contribution in [2.75, 3.05) is 13.2 Å². The Bertz CT molecular complexity index is 410. The first-order valence-electron chi connectivity index (χ1n) is 6.93. The summed E-state index contributed by atoms with van der Waals surface area (Å²) in [4.78, 5) is 11.4. The number of unbranched alkanes of at least 4 members (excludes halogenated alkanes) is 1. The van der Waals surface area contributed by atoms with E-state index in [1.54, 1.807) is 0 Å². The van der Waals surface area contributed by atoms with Crippen LogP contribution in [0.4, 0.5) is 0 Å². The molecule has 0 unspecified atom stereocenters. The first kappa shape index (κ1) is 15.5. The van der Waals surface area contributed by atoms with Gasteiger partial charge >= 0.3 is 5.97 Å². The Morgan fingerprint density at radius 1 is 1.26 bits per heavy atom. The minimum absolute atomic E-state index is 0.0231. The van der Waals surface area contributed by atoms with Gasteiger partial charge in [-0.25, -0.2) is 4.79 Å². The van der Waals surface area contributed by atoms with E-state index in [0.717, 1.165) is 24.2 Å². The van der Waals surface area contributed by atoms with Crippen LogP contribution in [0.3, 0.4) is 0 Å². The van der Waals surface area contributed by atoms with Crippen molar-refractivity contribution in [2.45, 2.75) is 46.5 Å². The highest BCUT2D eigenvalue weighted by Crippen LogP contribution is 2.22. The molecule has 0 amide bonds. The van der Waals surface area contributed by atoms with Gasteiger partial charge in [0.15, 0.2) is 6.61 Å². The van der Waals surface area contributed by atoms with Gasteiger partial charge in [-0.1, -0.05) is 33.3 Å². The second kappa shape index (κ2) is 7.82. The Morgan fingerprint density at radius 2 is 2.00 bits per heavy atom. The Morgan fingerprint density at radius 3 is 2.63 bits per heavy atom. The van der Waals surface area contributed by atoms with Crippen LogP contribution in [-0.2, 0) is 9.53 Å². The molecule has 0 spiro atoms. The van der Waals surface area contributed by atoms with Gasteiger partial charge in [0.1, 0.15) is 5.75 Å². The lowest BCUT2D eigenvalue weighted by molar-refractivity contribution is -0.146. The maximum atomic E-state index is 11.4. The van der Waals surface area contributed by atoms with Crippen LogP contribution in [0.25, 0.3) is 0 Å². The molecular weight excluding hydrogens is 240 g/mol. The van der Waals surface area contributed by atoms with Crippen LogP contribution < -0.4 is 4.74 Å². The smallest absolute Gasteiger partial charge is 0.344 e. The summed E-state index contributed by atoms with van der Waals surface area (Å²) in [6, 6.07) is 6.05. The van der Waals surface area contributed by atoms with Gasteiger partial charge in [-0.05, 0) is 42.5 Å². The first-order valence-corrected chi connectivity index (χ1v) is 6.93. The maximum Gasteiger partial charge on any atom is 0.344 e. The van der Waals surface area contributed by atoms with Gasteiger partial charge in [-0.2, -0.15) is 0 Å². The number of benzene rings is 1. The fraction of sp³-hybridized carbons (Fsp3) is 0.562. The standard InChI is InChI=1S/C16H24O3/c1-5-6-7-18-16(17)11-19-15-9-13(4)8-14(10-15)12(2)3/h8-10,12H,5-7,11H2,1-4H3. The Kier molecular flexibility index (Phi) is 6.40. The van der Waals surface area contributed by atoms with Gasteiger partial charge in [0.05, 0.1) is 6.61 Å². The van der Waals surface area contributed by atoms with Gasteiger partial charge in [-0.15, -0.1) is 0 Å². The zero-order valence-corrected chi connectivity index (χ0v) is 12.4. The van der Waals surface area contributed by atoms with Crippen LogP contribution in [0.5, 0.6) is 5.75 Å². The van der Waals surface area contributed by atoms with Gasteiger partial charge < -0.3 is 9.47 Å². The molecule has 0 aliphatic carbocycles. The second-order valence-electron chi connectivity index (χ2n) is 5.10. The predicted octanol–water partition coefficient (Wildman–Crippen LogP) is 3.84. The summed E-state index contributed by atoms with van der Waals surface area (Å²) in [6.45, 7) is 8.81. The van der Waals surface area contributed by atoms with Crippen molar-refractivity contribution >= 4 is 5.97 Å². The molecule has 0 aromatic heterocycles. The van der Waals surface area contributed by atoms with Crippen molar-refractivity contribution in [3.63, 3.8) is 0 Å². The zero-order valence-electron chi connectivity index (χ0n) is 12.4. The number of carbonyl (C=O) groups is 1. The third-order valence-corrected chi connectivity index (χ3v) is 2.86. The van der Waals surface area contributed by atoms with E-state index in [-0.39, 0.29) is 12.6 Å². The summed E-state index contributed by atoms with van der Waals surface area (Å²) in [5, 5.41) is 0. The first-order chi connectivity index (χ1) is 9.02. The normalized spacial score (nSPS) is 10.6. The largest absolute Gasteiger partial charge is 0.482 e. The van der Waals surface area contributed by atoms with Crippen LogP contribution in [0, 0.1) is 6.92 Å². The molecule has 0 heterocycles. The molecule has 0 radical (unpaired) electrons. The lowest BCUT2D eigenvalue weighted by Gasteiger charge is -2.11. The lowest BCUT2D eigenvalue weighted by atomic mass is 10.0. The van der Waals surface area contributed by atoms with Crippen molar-refractivity contribution < 1.29 is 14.3 Å².